The highest BCUT2D eigenvalue weighted by atomic mass is 16.5. The number of nitrogens with zero attached hydrogens (tertiary/aromatic N) is 8. The van der Waals surface area contributed by atoms with Crippen LogP contribution in [-0.4, -0.2) is 52.8 Å². The number of carbonyl (C=O) groups excluding carboxylic acids is 1. The quantitative estimate of drug-likeness (QED) is 0.0854. The molecule has 0 amide bonds. The van der Waals surface area contributed by atoms with Crippen LogP contribution in [0.1, 0.15) is 58.3 Å². The SMILES string of the molecule is CCCCc1nc(-c2nccnc2C(=O)OC)cn1Cc1ccc(-c2ccccc2-c2nnnn2C(c2ccccc2)(c2ccccc2)c2ccccc2)cc1. The Morgan fingerprint density at radius 1 is 0.714 bits per heavy atom. The first-order valence-electron chi connectivity index (χ1n) is 18.7. The lowest BCUT2D eigenvalue weighted by molar-refractivity contribution is 0.0594. The van der Waals surface area contributed by atoms with Crippen LogP contribution < -0.4 is 0 Å². The summed E-state index contributed by atoms with van der Waals surface area (Å²) >= 11 is 0. The van der Waals surface area contributed by atoms with E-state index in [0.29, 0.717) is 23.8 Å². The van der Waals surface area contributed by atoms with Crippen molar-refractivity contribution in [3.05, 3.63) is 192 Å². The largest absolute Gasteiger partial charge is 0.464 e. The molecule has 8 rings (SSSR count). The molecule has 3 heterocycles. The Bertz CT molecular complexity index is 2450. The molecule has 8 aromatic rings. The summed E-state index contributed by atoms with van der Waals surface area (Å²) in [6.07, 6.45) is 7.80. The topological polar surface area (TPSA) is 114 Å². The van der Waals surface area contributed by atoms with Crippen molar-refractivity contribution in [1.82, 2.24) is 39.7 Å². The number of rotatable bonds is 13. The molecule has 0 spiro atoms. The molecule has 0 radical (unpaired) electrons. The minimum atomic E-state index is -0.873. The summed E-state index contributed by atoms with van der Waals surface area (Å²) in [7, 11) is 1.34. The smallest absolute Gasteiger partial charge is 0.359 e. The molecule has 0 atom stereocenters. The average Bonchev–Trinajstić information content (AvgIpc) is 3.92. The predicted molar refractivity (Wildman–Crippen MR) is 216 cm³/mol. The molecular formula is C46H40N8O2. The third kappa shape index (κ3) is 6.77. The van der Waals surface area contributed by atoms with Gasteiger partial charge in [-0.1, -0.05) is 153 Å². The zero-order valence-corrected chi connectivity index (χ0v) is 31.2. The van der Waals surface area contributed by atoms with E-state index in [1.165, 1.54) is 13.3 Å². The van der Waals surface area contributed by atoms with E-state index in [1.807, 2.05) is 41.2 Å². The van der Waals surface area contributed by atoms with Crippen LogP contribution in [0.3, 0.4) is 0 Å². The number of aromatic nitrogens is 8. The normalized spacial score (nSPS) is 11.4. The number of ether oxygens (including phenoxy) is 1. The maximum atomic E-state index is 12.5. The number of hydrogen-bond donors (Lipinski definition) is 0. The third-order valence-corrected chi connectivity index (χ3v) is 10.1. The number of benzene rings is 5. The summed E-state index contributed by atoms with van der Waals surface area (Å²) in [6, 6.07) is 48.1. The third-order valence-electron chi connectivity index (χ3n) is 10.1. The first kappa shape index (κ1) is 35.9. The Balaban J connectivity index is 1.18. The molecule has 3 aromatic heterocycles. The van der Waals surface area contributed by atoms with Gasteiger partial charge in [0.25, 0.3) is 0 Å². The Morgan fingerprint density at radius 2 is 1.30 bits per heavy atom. The minimum absolute atomic E-state index is 0.143. The van der Waals surface area contributed by atoms with Crippen molar-refractivity contribution in [1.29, 1.82) is 0 Å². The van der Waals surface area contributed by atoms with Crippen LogP contribution >= 0.6 is 0 Å². The molecule has 5 aromatic carbocycles. The van der Waals surface area contributed by atoms with Crippen molar-refractivity contribution in [2.24, 2.45) is 0 Å². The number of hydrogen-bond acceptors (Lipinski definition) is 8. The van der Waals surface area contributed by atoms with Crippen molar-refractivity contribution in [2.75, 3.05) is 7.11 Å². The second-order valence-electron chi connectivity index (χ2n) is 13.5. The minimum Gasteiger partial charge on any atom is -0.464 e. The zero-order chi connectivity index (χ0) is 38.3. The Kier molecular flexibility index (Phi) is 10.3. The number of methoxy groups -OCH3 is 1. The first-order valence-corrected chi connectivity index (χ1v) is 18.7. The molecular weight excluding hydrogens is 697 g/mol. The summed E-state index contributed by atoms with van der Waals surface area (Å²) < 4.78 is 9.07. The van der Waals surface area contributed by atoms with Crippen LogP contribution in [0, 0.1) is 0 Å². The molecule has 0 fully saturated rings. The van der Waals surface area contributed by atoms with E-state index < -0.39 is 11.5 Å². The van der Waals surface area contributed by atoms with E-state index >= 15 is 0 Å². The molecule has 276 valence electrons. The van der Waals surface area contributed by atoms with E-state index in [0.717, 1.165) is 64.0 Å². The lowest BCUT2D eigenvalue weighted by Gasteiger charge is -2.36. The maximum Gasteiger partial charge on any atom is 0.359 e. The fourth-order valence-corrected chi connectivity index (χ4v) is 7.41. The molecule has 0 saturated heterocycles. The highest BCUT2D eigenvalue weighted by Crippen LogP contribution is 2.43. The fraction of sp³-hybridized carbons (Fsp3) is 0.152. The number of aryl methyl sites for hydroxylation is 1. The van der Waals surface area contributed by atoms with Crippen LogP contribution in [0.2, 0.25) is 0 Å². The lowest BCUT2D eigenvalue weighted by Crippen LogP contribution is -2.39. The predicted octanol–water partition coefficient (Wildman–Crippen LogP) is 8.68. The summed E-state index contributed by atoms with van der Waals surface area (Å²) in [5, 5.41) is 13.8. The molecule has 0 bridgehead atoms. The van der Waals surface area contributed by atoms with Crippen molar-refractivity contribution in [2.45, 2.75) is 38.3 Å². The summed E-state index contributed by atoms with van der Waals surface area (Å²) in [5.74, 6) is 1.01. The van der Waals surface area contributed by atoms with Crippen LogP contribution in [0.5, 0.6) is 0 Å². The lowest BCUT2D eigenvalue weighted by atomic mass is 9.77. The molecule has 0 unspecified atom stereocenters. The van der Waals surface area contributed by atoms with Gasteiger partial charge in [0.2, 0.25) is 0 Å². The van der Waals surface area contributed by atoms with E-state index in [9.17, 15) is 4.79 Å². The van der Waals surface area contributed by atoms with Crippen molar-refractivity contribution in [3.63, 3.8) is 0 Å². The molecule has 56 heavy (non-hydrogen) atoms. The van der Waals surface area contributed by atoms with Gasteiger partial charge in [-0.15, -0.1) is 5.10 Å². The number of tetrazole rings is 1. The highest BCUT2D eigenvalue weighted by molar-refractivity contribution is 5.93. The standard InChI is InChI=1S/C46H40N8O2/c1-3-4-24-41-49-40(42-43(45(55)56-2)48-30-29-47-42)32-53(41)31-33-25-27-34(28-26-33)38-22-14-15-23-39(38)44-50-51-52-54(44)46(35-16-8-5-9-17-35,36-18-10-6-11-19-36)37-20-12-7-13-21-37/h5-23,25-30,32H,3-4,24,31H2,1-2H3. The van der Waals surface area contributed by atoms with Gasteiger partial charge in [-0.05, 0) is 50.2 Å². The Morgan fingerprint density at radius 3 is 1.91 bits per heavy atom. The second kappa shape index (κ2) is 16.1. The van der Waals surface area contributed by atoms with Crippen LogP contribution in [0.25, 0.3) is 33.9 Å². The van der Waals surface area contributed by atoms with Gasteiger partial charge < -0.3 is 9.30 Å². The first-order chi connectivity index (χ1) is 27.6. The monoisotopic (exact) mass is 736 g/mol. The van der Waals surface area contributed by atoms with E-state index in [1.54, 1.807) is 6.20 Å². The van der Waals surface area contributed by atoms with Crippen LogP contribution in [0.15, 0.2) is 158 Å². The number of imidazole rings is 1. The Labute approximate surface area is 325 Å². The fourth-order valence-electron chi connectivity index (χ4n) is 7.41. The molecule has 10 heteroatoms. The van der Waals surface area contributed by atoms with Gasteiger partial charge in [0.15, 0.2) is 11.5 Å². The van der Waals surface area contributed by atoms with Gasteiger partial charge >= 0.3 is 5.97 Å². The van der Waals surface area contributed by atoms with E-state index in [4.69, 9.17) is 20.0 Å². The number of unbranched alkanes of at least 4 members (excludes halogenated alkanes) is 1. The van der Waals surface area contributed by atoms with Crippen LogP contribution in [0.4, 0.5) is 0 Å². The average molecular weight is 737 g/mol. The van der Waals surface area contributed by atoms with Crippen molar-refractivity contribution < 1.29 is 9.53 Å². The van der Waals surface area contributed by atoms with Gasteiger partial charge in [-0.25, -0.2) is 19.4 Å². The maximum absolute atomic E-state index is 12.5. The van der Waals surface area contributed by atoms with Gasteiger partial charge in [-0.2, -0.15) is 0 Å². The summed E-state index contributed by atoms with van der Waals surface area (Å²) in [4.78, 5) is 26.1. The molecule has 0 N–H and O–H groups in total. The highest BCUT2D eigenvalue weighted by Gasteiger charge is 2.42. The van der Waals surface area contributed by atoms with Crippen molar-refractivity contribution in [3.8, 4) is 33.9 Å². The second-order valence-corrected chi connectivity index (χ2v) is 13.5. The Hall–Kier alpha value is -7.07. The zero-order valence-electron chi connectivity index (χ0n) is 31.2. The van der Waals surface area contributed by atoms with E-state index in [-0.39, 0.29) is 5.69 Å². The van der Waals surface area contributed by atoms with Crippen molar-refractivity contribution >= 4 is 5.97 Å². The van der Waals surface area contributed by atoms with Crippen LogP contribution in [-0.2, 0) is 23.2 Å². The molecule has 0 aliphatic carbocycles. The molecule has 0 saturated carbocycles. The van der Waals surface area contributed by atoms with E-state index in [2.05, 4.69) is 136 Å². The van der Waals surface area contributed by atoms with Gasteiger partial charge in [0, 0.05) is 37.1 Å². The number of carbonyl (C=O) groups is 1. The van der Waals surface area contributed by atoms with Gasteiger partial charge in [0.1, 0.15) is 22.8 Å². The van der Waals surface area contributed by atoms with Gasteiger partial charge in [0.05, 0.1) is 7.11 Å². The number of esters is 1. The summed E-state index contributed by atoms with van der Waals surface area (Å²) in [6.45, 7) is 2.75. The summed E-state index contributed by atoms with van der Waals surface area (Å²) in [5.41, 5.74) is 7.41. The molecule has 0 aliphatic rings. The molecule has 10 nitrogen and oxygen atoms in total. The molecule has 0 aliphatic heterocycles. The van der Waals surface area contributed by atoms with Gasteiger partial charge in [-0.3, -0.25) is 4.98 Å².